The van der Waals surface area contributed by atoms with Gasteiger partial charge in [0.15, 0.2) is 15.5 Å². The van der Waals surface area contributed by atoms with Crippen molar-refractivity contribution in [3.63, 3.8) is 0 Å². The monoisotopic (exact) mass is 305 g/mol. The topological polar surface area (TPSA) is 118 Å². The first-order valence-corrected chi connectivity index (χ1v) is 7.95. The molecule has 8 nitrogen and oxygen atoms in total. The SMILES string of the molecule is O=C(O)CN(C(=O)c1cnsn1)C1CCS(=O)(=O)C1. The highest BCUT2D eigenvalue weighted by Gasteiger charge is 2.36. The second-order valence-corrected chi connectivity index (χ2v) is 6.96. The van der Waals surface area contributed by atoms with Gasteiger partial charge in [0.25, 0.3) is 5.91 Å². The molecule has 0 spiro atoms. The molecule has 10 heteroatoms. The predicted molar refractivity (Wildman–Crippen MR) is 65.6 cm³/mol. The molecule has 2 heterocycles. The third kappa shape index (κ3) is 3.26. The number of carbonyl (C=O) groups is 2. The lowest BCUT2D eigenvalue weighted by Gasteiger charge is -2.25. The quantitative estimate of drug-likeness (QED) is 0.777. The van der Waals surface area contributed by atoms with E-state index in [0.717, 1.165) is 16.6 Å². The molecule has 1 aliphatic rings. The van der Waals surface area contributed by atoms with Gasteiger partial charge in [0.2, 0.25) is 0 Å². The highest BCUT2D eigenvalue weighted by atomic mass is 32.2. The molecule has 0 aliphatic carbocycles. The number of aliphatic carboxylic acids is 1. The normalized spacial score (nSPS) is 21.2. The van der Waals surface area contributed by atoms with Gasteiger partial charge < -0.3 is 10.0 Å². The molecule has 104 valence electrons. The number of hydrogen-bond acceptors (Lipinski definition) is 7. The number of carboxylic acid groups (broad SMARTS) is 1. The Balaban J connectivity index is 2.21. The van der Waals surface area contributed by atoms with Crippen molar-refractivity contribution in [2.75, 3.05) is 18.1 Å². The van der Waals surface area contributed by atoms with Gasteiger partial charge >= 0.3 is 5.97 Å². The smallest absolute Gasteiger partial charge is 0.323 e. The van der Waals surface area contributed by atoms with Crippen LogP contribution in [-0.4, -0.2) is 63.1 Å². The van der Waals surface area contributed by atoms with E-state index in [2.05, 4.69) is 8.75 Å². The summed E-state index contributed by atoms with van der Waals surface area (Å²) in [5.74, 6) is -2.03. The molecule has 0 radical (unpaired) electrons. The van der Waals surface area contributed by atoms with Crippen molar-refractivity contribution in [1.82, 2.24) is 13.6 Å². The molecular formula is C9H11N3O5S2. The molecule has 0 aromatic carbocycles. The van der Waals surface area contributed by atoms with Gasteiger partial charge in [-0.05, 0) is 6.42 Å². The molecule has 1 amide bonds. The van der Waals surface area contributed by atoms with Gasteiger partial charge in [-0.15, -0.1) is 0 Å². The van der Waals surface area contributed by atoms with Crippen LogP contribution >= 0.6 is 11.7 Å². The average Bonchev–Trinajstić information content (AvgIpc) is 2.94. The Morgan fingerprint density at radius 2 is 2.26 bits per heavy atom. The highest BCUT2D eigenvalue weighted by molar-refractivity contribution is 7.91. The lowest BCUT2D eigenvalue weighted by molar-refractivity contribution is -0.138. The van der Waals surface area contributed by atoms with Crippen LogP contribution in [0.1, 0.15) is 16.9 Å². The zero-order chi connectivity index (χ0) is 14.0. The molecule has 1 fully saturated rings. The van der Waals surface area contributed by atoms with Crippen LogP contribution in [0.4, 0.5) is 0 Å². The van der Waals surface area contributed by atoms with E-state index in [0.29, 0.717) is 0 Å². The lowest BCUT2D eigenvalue weighted by Crippen LogP contribution is -2.44. The number of carbonyl (C=O) groups excluding carboxylic acids is 1. The van der Waals surface area contributed by atoms with E-state index in [1.807, 2.05) is 0 Å². The standard InChI is InChI=1S/C9H11N3O5S2/c13-8(14)4-12(6-1-2-19(16,17)5-6)9(15)7-3-10-18-11-7/h3,6H,1-2,4-5H2,(H,13,14). The molecule has 2 rings (SSSR count). The largest absolute Gasteiger partial charge is 0.480 e. The summed E-state index contributed by atoms with van der Waals surface area (Å²) >= 11 is 0.833. The third-order valence-electron chi connectivity index (χ3n) is 2.80. The fourth-order valence-corrected chi connectivity index (χ4v) is 4.08. The lowest BCUT2D eigenvalue weighted by atomic mass is 10.2. The first-order chi connectivity index (χ1) is 8.89. The van der Waals surface area contributed by atoms with Gasteiger partial charge in [0.1, 0.15) is 6.54 Å². The second kappa shape index (κ2) is 5.21. The van der Waals surface area contributed by atoms with Gasteiger partial charge in [-0.1, -0.05) is 0 Å². The summed E-state index contributed by atoms with van der Waals surface area (Å²) in [5.41, 5.74) is 0.0375. The maximum absolute atomic E-state index is 12.1. The minimum Gasteiger partial charge on any atom is -0.480 e. The fourth-order valence-electron chi connectivity index (χ4n) is 1.94. The number of sulfone groups is 1. The van der Waals surface area contributed by atoms with E-state index in [9.17, 15) is 18.0 Å². The van der Waals surface area contributed by atoms with Crippen LogP contribution in [0, 0.1) is 0 Å². The Hall–Kier alpha value is -1.55. The van der Waals surface area contributed by atoms with Gasteiger partial charge in [0.05, 0.1) is 29.4 Å². The van der Waals surface area contributed by atoms with Crippen molar-refractivity contribution in [1.29, 1.82) is 0 Å². The van der Waals surface area contributed by atoms with E-state index in [-0.39, 0.29) is 23.6 Å². The maximum Gasteiger partial charge on any atom is 0.323 e. The summed E-state index contributed by atoms with van der Waals surface area (Å²) in [4.78, 5) is 24.0. The number of rotatable bonds is 4. The molecule has 1 unspecified atom stereocenters. The third-order valence-corrected chi connectivity index (χ3v) is 5.02. The molecule has 19 heavy (non-hydrogen) atoms. The minimum absolute atomic E-state index is 0.0314. The maximum atomic E-state index is 12.1. The first kappa shape index (κ1) is 13.9. The first-order valence-electron chi connectivity index (χ1n) is 5.40. The number of carboxylic acids is 1. The Kier molecular flexibility index (Phi) is 3.80. The highest BCUT2D eigenvalue weighted by Crippen LogP contribution is 2.19. The van der Waals surface area contributed by atoms with Gasteiger partial charge in [-0.3, -0.25) is 9.59 Å². The van der Waals surface area contributed by atoms with Crippen LogP contribution in [0.5, 0.6) is 0 Å². The average molecular weight is 305 g/mol. The van der Waals surface area contributed by atoms with E-state index < -0.39 is 34.3 Å². The zero-order valence-electron chi connectivity index (χ0n) is 9.72. The number of amides is 1. The molecule has 1 saturated heterocycles. The summed E-state index contributed by atoms with van der Waals surface area (Å²) in [6.07, 6.45) is 1.49. The van der Waals surface area contributed by atoms with Crippen LogP contribution in [0.25, 0.3) is 0 Å². The molecule has 1 N–H and O–H groups in total. The Labute approximate surface area is 113 Å². The number of aromatic nitrogens is 2. The van der Waals surface area contributed by atoms with Crippen molar-refractivity contribution >= 4 is 33.4 Å². The molecule has 1 aromatic rings. The van der Waals surface area contributed by atoms with Crippen molar-refractivity contribution in [3.05, 3.63) is 11.9 Å². The Morgan fingerprint density at radius 1 is 1.53 bits per heavy atom. The predicted octanol–water partition coefficient (Wildman–Crippen LogP) is -0.748. The van der Waals surface area contributed by atoms with Gasteiger partial charge in [-0.25, -0.2) is 8.42 Å². The van der Waals surface area contributed by atoms with Gasteiger partial charge in [0, 0.05) is 6.04 Å². The fraction of sp³-hybridized carbons (Fsp3) is 0.556. The van der Waals surface area contributed by atoms with E-state index >= 15 is 0 Å². The summed E-state index contributed by atoms with van der Waals surface area (Å²) < 4.78 is 30.3. The Bertz CT molecular complexity index is 583. The number of nitrogens with zero attached hydrogens (tertiary/aromatic N) is 3. The van der Waals surface area contributed by atoms with E-state index in [1.54, 1.807) is 0 Å². The van der Waals surface area contributed by atoms with Gasteiger partial charge in [-0.2, -0.15) is 8.75 Å². The van der Waals surface area contributed by atoms with E-state index in [1.165, 1.54) is 6.20 Å². The van der Waals surface area contributed by atoms with Crippen LogP contribution in [0.3, 0.4) is 0 Å². The van der Waals surface area contributed by atoms with Crippen LogP contribution in [0.15, 0.2) is 6.20 Å². The van der Waals surface area contributed by atoms with E-state index in [4.69, 9.17) is 5.11 Å². The minimum atomic E-state index is -3.20. The van der Waals surface area contributed by atoms with Crippen molar-refractivity contribution in [2.24, 2.45) is 0 Å². The van der Waals surface area contributed by atoms with Crippen LogP contribution in [0.2, 0.25) is 0 Å². The second-order valence-electron chi connectivity index (χ2n) is 4.18. The molecule has 1 atom stereocenters. The molecule has 1 aliphatic heterocycles. The summed E-state index contributed by atoms with van der Waals surface area (Å²) in [5, 5.41) is 8.84. The van der Waals surface area contributed by atoms with Crippen molar-refractivity contribution in [2.45, 2.75) is 12.5 Å². The zero-order valence-corrected chi connectivity index (χ0v) is 11.4. The number of hydrogen-bond donors (Lipinski definition) is 1. The van der Waals surface area contributed by atoms with Crippen molar-refractivity contribution in [3.8, 4) is 0 Å². The van der Waals surface area contributed by atoms with Crippen LogP contribution in [-0.2, 0) is 14.6 Å². The summed E-state index contributed by atoms with van der Waals surface area (Å²) in [6, 6.07) is -0.615. The molecule has 0 bridgehead atoms. The van der Waals surface area contributed by atoms with Crippen molar-refractivity contribution < 1.29 is 23.1 Å². The van der Waals surface area contributed by atoms with Crippen LogP contribution < -0.4 is 0 Å². The summed E-state index contributed by atoms with van der Waals surface area (Å²) in [7, 11) is -3.20. The molecular weight excluding hydrogens is 294 g/mol. The molecule has 1 aromatic heterocycles. The Morgan fingerprint density at radius 3 is 2.74 bits per heavy atom. The molecule has 0 saturated carbocycles. The summed E-state index contributed by atoms with van der Waals surface area (Å²) in [6.45, 7) is -0.545.